The summed E-state index contributed by atoms with van der Waals surface area (Å²) in [7, 11) is 0. The molecule has 1 aromatic carbocycles. The number of nitrogens with zero attached hydrogens (tertiary/aromatic N) is 1. The van der Waals surface area contributed by atoms with Crippen molar-refractivity contribution in [1.82, 2.24) is 10.2 Å². The van der Waals surface area contributed by atoms with Gasteiger partial charge in [-0.2, -0.15) is 0 Å². The summed E-state index contributed by atoms with van der Waals surface area (Å²) in [4.78, 5) is 2.61. The monoisotopic (exact) mass is 288 g/mol. The minimum Gasteiger partial charge on any atom is -0.315 e. The second-order valence-electron chi connectivity index (χ2n) is 6.99. The lowest BCUT2D eigenvalue weighted by atomic mass is 9.88. The van der Waals surface area contributed by atoms with Gasteiger partial charge in [0.1, 0.15) is 0 Å². The normalized spacial score (nSPS) is 19.0. The van der Waals surface area contributed by atoms with Crippen molar-refractivity contribution in [3.63, 3.8) is 0 Å². The van der Waals surface area contributed by atoms with Crippen LogP contribution in [0.25, 0.3) is 0 Å². The number of hydrogen-bond acceptors (Lipinski definition) is 2. The second-order valence-corrected chi connectivity index (χ2v) is 6.99. The van der Waals surface area contributed by atoms with Crippen LogP contribution in [0.1, 0.15) is 45.1 Å². The van der Waals surface area contributed by atoms with Crippen molar-refractivity contribution < 1.29 is 0 Å². The fourth-order valence-electron chi connectivity index (χ4n) is 3.22. The van der Waals surface area contributed by atoms with Crippen LogP contribution >= 0.6 is 0 Å². The van der Waals surface area contributed by atoms with E-state index in [4.69, 9.17) is 0 Å². The molecule has 0 bridgehead atoms. The molecule has 1 fully saturated rings. The summed E-state index contributed by atoms with van der Waals surface area (Å²) in [6, 6.07) is 10.9. The number of piperidine rings is 1. The van der Waals surface area contributed by atoms with E-state index < -0.39 is 0 Å². The van der Waals surface area contributed by atoms with Crippen LogP contribution in [-0.2, 0) is 0 Å². The van der Waals surface area contributed by atoms with Crippen molar-refractivity contribution in [2.24, 2.45) is 11.8 Å². The molecule has 1 N–H and O–H groups in total. The maximum absolute atomic E-state index is 3.68. The van der Waals surface area contributed by atoms with E-state index in [0.29, 0.717) is 11.8 Å². The zero-order valence-electron chi connectivity index (χ0n) is 14.0. The van der Waals surface area contributed by atoms with E-state index in [1.165, 1.54) is 38.0 Å². The molecule has 0 aromatic heterocycles. The van der Waals surface area contributed by atoms with Gasteiger partial charge in [0.2, 0.25) is 0 Å². The Morgan fingerprint density at radius 3 is 2.43 bits per heavy atom. The van der Waals surface area contributed by atoms with Crippen molar-refractivity contribution in [2.75, 3.05) is 32.7 Å². The molecule has 1 aliphatic heterocycles. The van der Waals surface area contributed by atoms with Gasteiger partial charge in [-0.25, -0.2) is 0 Å². The zero-order valence-corrected chi connectivity index (χ0v) is 14.0. The summed E-state index contributed by atoms with van der Waals surface area (Å²) in [5.74, 6) is 2.22. The molecule has 2 nitrogen and oxygen atoms in total. The summed E-state index contributed by atoms with van der Waals surface area (Å²) in [6.07, 6.45) is 2.75. The van der Waals surface area contributed by atoms with Gasteiger partial charge in [0.25, 0.3) is 0 Å². The highest BCUT2D eigenvalue weighted by atomic mass is 15.1. The molecule has 1 heterocycles. The van der Waals surface area contributed by atoms with Gasteiger partial charge in [-0.1, -0.05) is 51.1 Å². The largest absolute Gasteiger partial charge is 0.315 e. The highest BCUT2D eigenvalue weighted by Crippen LogP contribution is 2.23. The summed E-state index contributed by atoms with van der Waals surface area (Å²) in [5.41, 5.74) is 1.46. The summed E-state index contributed by atoms with van der Waals surface area (Å²) < 4.78 is 0. The Morgan fingerprint density at radius 1 is 1.14 bits per heavy atom. The smallest absolute Gasteiger partial charge is 0.0107 e. The van der Waals surface area contributed by atoms with E-state index in [1.807, 2.05) is 0 Å². The van der Waals surface area contributed by atoms with Gasteiger partial charge in [0.05, 0.1) is 0 Å². The Morgan fingerprint density at radius 2 is 1.81 bits per heavy atom. The van der Waals surface area contributed by atoms with E-state index >= 15 is 0 Å². The standard InChI is InChI=1S/C19H32N2/c1-16(2)19(18-7-5-4-6-8-18)15-20-11-14-21-12-9-17(3)10-13-21/h4-8,16-17,19-20H,9-15H2,1-3H3. The molecule has 0 spiro atoms. The zero-order chi connectivity index (χ0) is 15.1. The molecule has 0 aliphatic carbocycles. The number of benzene rings is 1. The van der Waals surface area contributed by atoms with Crippen LogP contribution in [0.2, 0.25) is 0 Å². The molecule has 2 rings (SSSR count). The Balaban J connectivity index is 1.71. The average Bonchev–Trinajstić information content (AvgIpc) is 2.49. The van der Waals surface area contributed by atoms with Crippen LogP contribution in [0.5, 0.6) is 0 Å². The second kappa shape index (κ2) is 8.55. The van der Waals surface area contributed by atoms with E-state index in [0.717, 1.165) is 19.0 Å². The first-order chi connectivity index (χ1) is 10.2. The number of nitrogens with one attached hydrogen (secondary N) is 1. The fourth-order valence-corrected chi connectivity index (χ4v) is 3.22. The van der Waals surface area contributed by atoms with E-state index in [2.05, 4.69) is 61.3 Å². The van der Waals surface area contributed by atoms with E-state index in [9.17, 15) is 0 Å². The molecule has 0 radical (unpaired) electrons. The minimum atomic E-state index is 0.618. The Labute approximate surface area is 130 Å². The highest BCUT2D eigenvalue weighted by molar-refractivity contribution is 5.20. The van der Waals surface area contributed by atoms with Crippen molar-refractivity contribution in [3.05, 3.63) is 35.9 Å². The number of rotatable bonds is 7. The van der Waals surface area contributed by atoms with Crippen LogP contribution in [0.15, 0.2) is 30.3 Å². The maximum Gasteiger partial charge on any atom is 0.0107 e. The fraction of sp³-hybridized carbons (Fsp3) is 0.684. The Kier molecular flexibility index (Phi) is 6.72. The molecular formula is C19H32N2. The SMILES string of the molecule is CC1CCN(CCNCC(c2ccccc2)C(C)C)CC1. The first kappa shape index (κ1) is 16.5. The predicted molar refractivity (Wildman–Crippen MR) is 91.7 cm³/mol. The third kappa shape index (κ3) is 5.44. The van der Waals surface area contributed by atoms with Crippen LogP contribution in [-0.4, -0.2) is 37.6 Å². The lowest BCUT2D eigenvalue weighted by Gasteiger charge is -2.30. The lowest BCUT2D eigenvalue weighted by Crippen LogP contribution is -2.38. The topological polar surface area (TPSA) is 15.3 Å². The molecule has 118 valence electrons. The highest BCUT2D eigenvalue weighted by Gasteiger charge is 2.17. The number of likely N-dealkylation sites (tertiary alicyclic amines) is 1. The molecule has 1 aromatic rings. The van der Waals surface area contributed by atoms with Crippen LogP contribution in [0.4, 0.5) is 0 Å². The van der Waals surface area contributed by atoms with Gasteiger partial charge in [0, 0.05) is 19.6 Å². The molecule has 0 amide bonds. The third-order valence-corrected chi connectivity index (χ3v) is 4.88. The third-order valence-electron chi connectivity index (χ3n) is 4.88. The first-order valence-corrected chi connectivity index (χ1v) is 8.65. The predicted octanol–water partition coefficient (Wildman–Crippen LogP) is 3.75. The van der Waals surface area contributed by atoms with Gasteiger partial charge in [-0.3, -0.25) is 0 Å². The van der Waals surface area contributed by atoms with Crippen molar-refractivity contribution in [1.29, 1.82) is 0 Å². The Hall–Kier alpha value is -0.860. The van der Waals surface area contributed by atoms with Crippen LogP contribution in [0, 0.1) is 11.8 Å². The Bertz CT molecular complexity index is 380. The number of hydrogen-bond donors (Lipinski definition) is 1. The van der Waals surface area contributed by atoms with Crippen LogP contribution < -0.4 is 5.32 Å². The molecule has 21 heavy (non-hydrogen) atoms. The first-order valence-electron chi connectivity index (χ1n) is 8.65. The molecular weight excluding hydrogens is 256 g/mol. The summed E-state index contributed by atoms with van der Waals surface area (Å²) >= 11 is 0. The quantitative estimate of drug-likeness (QED) is 0.769. The molecule has 2 heteroatoms. The minimum absolute atomic E-state index is 0.618. The van der Waals surface area contributed by atoms with Gasteiger partial charge >= 0.3 is 0 Å². The van der Waals surface area contributed by atoms with Crippen molar-refractivity contribution in [3.8, 4) is 0 Å². The molecule has 1 atom stereocenters. The van der Waals surface area contributed by atoms with Crippen molar-refractivity contribution in [2.45, 2.75) is 39.5 Å². The van der Waals surface area contributed by atoms with Gasteiger partial charge in [-0.15, -0.1) is 0 Å². The van der Waals surface area contributed by atoms with Gasteiger partial charge in [-0.05, 0) is 49.2 Å². The van der Waals surface area contributed by atoms with Crippen molar-refractivity contribution >= 4 is 0 Å². The van der Waals surface area contributed by atoms with Gasteiger partial charge < -0.3 is 10.2 Å². The van der Waals surface area contributed by atoms with Crippen LogP contribution in [0.3, 0.4) is 0 Å². The average molecular weight is 288 g/mol. The molecule has 0 saturated carbocycles. The summed E-state index contributed by atoms with van der Waals surface area (Å²) in [5, 5.41) is 3.68. The lowest BCUT2D eigenvalue weighted by molar-refractivity contribution is 0.192. The molecule has 1 saturated heterocycles. The van der Waals surface area contributed by atoms with E-state index in [1.54, 1.807) is 0 Å². The maximum atomic E-state index is 3.68. The van der Waals surface area contributed by atoms with E-state index in [-0.39, 0.29) is 0 Å². The molecule has 1 unspecified atom stereocenters. The molecule has 1 aliphatic rings. The van der Waals surface area contributed by atoms with Gasteiger partial charge in [0.15, 0.2) is 0 Å². The summed E-state index contributed by atoms with van der Waals surface area (Å²) in [6.45, 7) is 13.0.